The molecule has 0 spiro atoms. The van der Waals surface area contributed by atoms with Crippen LogP contribution in [0.2, 0.25) is 0 Å². The molecule has 18 heavy (non-hydrogen) atoms. The van der Waals surface area contributed by atoms with Crippen molar-refractivity contribution in [3.05, 3.63) is 29.8 Å². The lowest BCUT2D eigenvalue weighted by Gasteiger charge is -2.21. The average Bonchev–Trinajstić information content (AvgIpc) is 2.38. The first-order chi connectivity index (χ1) is 8.62. The molecule has 1 atom stereocenters. The van der Waals surface area contributed by atoms with E-state index in [0.717, 1.165) is 18.7 Å². The molecule has 0 heterocycles. The largest absolute Gasteiger partial charge is 0.481 e. The van der Waals surface area contributed by atoms with Gasteiger partial charge in [-0.25, -0.2) is 0 Å². The van der Waals surface area contributed by atoms with Gasteiger partial charge in [0, 0.05) is 18.8 Å². The highest BCUT2D eigenvalue weighted by Gasteiger charge is 2.15. The van der Waals surface area contributed by atoms with Crippen molar-refractivity contribution in [2.24, 2.45) is 5.92 Å². The number of carboxylic acids is 1. The van der Waals surface area contributed by atoms with Gasteiger partial charge in [-0.2, -0.15) is 0 Å². The normalized spacial score (nSPS) is 12.2. The van der Waals surface area contributed by atoms with Crippen LogP contribution in [0, 0.1) is 5.92 Å². The van der Waals surface area contributed by atoms with E-state index in [-0.39, 0.29) is 5.92 Å². The molecule has 0 saturated carbocycles. The molecule has 0 aliphatic carbocycles. The van der Waals surface area contributed by atoms with E-state index in [9.17, 15) is 4.79 Å². The third-order valence-corrected chi connectivity index (χ3v) is 3.39. The van der Waals surface area contributed by atoms with Crippen molar-refractivity contribution in [3.8, 4) is 0 Å². The van der Waals surface area contributed by atoms with Crippen molar-refractivity contribution < 1.29 is 9.90 Å². The first kappa shape index (κ1) is 14.6. The SMILES string of the molecule is CCC(Cc1ccc(N(CC)CC)cc1)C(=O)O. The lowest BCUT2D eigenvalue weighted by Crippen LogP contribution is -2.21. The molecule has 0 aromatic heterocycles. The zero-order valence-corrected chi connectivity index (χ0v) is 11.5. The molecule has 1 unspecified atom stereocenters. The number of nitrogens with zero attached hydrogens (tertiary/aromatic N) is 1. The molecule has 0 aliphatic rings. The van der Waals surface area contributed by atoms with Crippen molar-refractivity contribution in [3.63, 3.8) is 0 Å². The van der Waals surface area contributed by atoms with Crippen LogP contribution in [0.15, 0.2) is 24.3 Å². The second kappa shape index (κ2) is 7.04. The zero-order chi connectivity index (χ0) is 13.5. The Morgan fingerprint density at radius 3 is 2.11 bits per heavy atom. The predicted molar refractivity (Wildman–Crippen MR) is 75.1 cm³/mol. The molecule has 3 heteroatoms. The molecule has 100 valence electrons. The smallest absolute Gasteiger partial charge is 0.306 e. The highest BCUT2D eigenvalue weighted by Crippen LogP contribution is 2.18. The summed E-state index contributed by atoms with van der Waals surface area (Å²) in [6.45, 7) is 8.16. The van der Waals surface area contributed by atoms with Crippen molar-refractivity contribution in [2.45, 2.75) is 33.6 Å². The van der Waals surface area contributed by atoms with Crippen molar-refractivity contribution >= 4 is 11.7 Å². The number of hydrogen-bond acceptors (Lipinski definition) is 2. The van der Waals surface area contributed by atoms with Crippen LogP contribution in [0.5, 0.6) is 0 Å². The minimum atomic E-state index is -0.703. The third kappa shape index (κ3) is 3.76. The number of rotatable bonds is 7. The molecule has 0 amide bonds. The quantitative estimate of drug-likeness (QED) is 0.806. The van der Waals surface area contributed by atoms with Crippen LogP contribution in [0.4, 0.5) is 5.69 Å². The van der Waals surface area contributed by atoms with E-state index in [0.29, 0.717) is 12.8 Å². The minimum absolute atomic E-state index is 0.274. The Kier molecular flexibility index (Phi) is 5.69. The lowest BCUT2D eigenvalue weighted by atomic mass is 9.97. The summed E-state index contributed by atoms with van der Waals surface area (Å²) in [6, 6.07) is 8.24. The molecule has 0 radical (unpaired) electrons. The molecular weight excluding hydrogens is 226 g/mol. The van der Waals surface area contributed by atoms with Crippen LogP contribution < -0.4 is 4.90 Å². The summed E-state index contributed by atoms with van der Waals surface area (Å²) >= 11 is 0. The van der Waals surface area contributed by atoms with Gasteiger partial charge < -0.3 is 10.0 Å². The van der Waals surface area contributed by atoms with E-state index in [1.807, 2.05) is 19.1 Å². The number of benzene rings is 1. The molecule has 0 aliphatic heterocycles. The first-order valence-corrected chi connectivity index (χ1v) is 6.69. The molecular formula is C15H23NO2. The molecule has 0 bridgehead atoms. The van der Waals surface area contributed by atoms with E-state index in [4.69, 9.17) is 5.11 Å². The van der Waals surface area contributed by atoms with Crippen LogP contribution in [0.25, 0.3) is 0 Å². The summed E-state index contributed by atoms with van der Waals surface area (Å²) in [5, 5.41) is 9.05. The van der Waals surface area contributed by atoms with Crippen molar-refractivity contribution in [1.82, 2.24) is 0 Å². The molecule has 0 saturated heterocycles. The fourth-order valence-electron chi connectivity index (χ4n) is 2.12. The van der Waals surface area contributed by atoms with Gasteiger partial charge >= 0.3 is 5.97 Å². The van der Waals surface area contributed by atoms with Crippen molar-refractivity contribution in [2.75, 3.05) is 18.0 Å². The van der Waals surface area contributed by atoms with E-state index in [1.54, 1.807) is 0 Å². The topological polar surface area (TPSA) is 40.5 Å². The maximum absolute atomic E-state index is 11.0. The van der Waals surface area contributed by atoms with E-state index >= 15 is 0 Å². The Morgan fingerprint density at radius 2 is 1.72 bits per heavy atom. The molecule has 1 aromatic carbocycles. The number of carboxylic acid groups (broad SMARTS) is 1. The molecule has 1 aromatic rings. The molecule has 1 rings (SSSR count). The van der Waals surface area contributed by atoms with Gasteiger partial charge in [-0.05, 0) is 44.4 Å². The number of hydrogen-bond donors (Lipinski definition) is 1. The van der Waals surface area contributed by atoms with Crippen LogP contribution in [-0.2, 0) is 11.2 Å². The maximum atomic E-state index is 11.0. The fraction of sp³-hybridized carbons (Fsp3) is 0.533. The summed E-state index contributed by atoms with van der Waals surface area (Å²) in [4.78, 5) is 13.3. The number of anilines is 1. The standard InChI is InChI=1S/C15H23NO2/c1-4-13(15(17)18)11-12-7-9-14(10-8-12)16(5-2)6-3/h7-10,13H,4-6,11H2,1-3H3,(H,17,18). The van der Waals surface area contributed by atoms with Gasteiger partial charge in [-0.1, -0.05) is 19.1 Å². The maximum Gasteiger partial charge on any atom is 0.306 e. The van der Waals surface area contributed by atoms with E-state index in [2.05, 4.69) is 30.9 Å². The Morgan fingerprint density at radius 1 is 1.17 bits per heavy atom. The van der Waals surface area contributed by atoms with Crippen molar-refractivity contribution in [1.29, 1.82) is 0 Å². The Balaban J connectivity index is 2.73. The summed E-state index contributed by atoms with van der Waals surface area (Å²) in [5.74, 6) is -0.977. The highest BCUT2D eigenvalue weighted by molar-refractivity contribution is 5.70. The number of aliphatic carboxylic acids is 1. The highest BCUT2D eigenvalue weighted by atomic mass is 16.4. The Hall–Kier alpha value is -1.51. The second-order valence-corrected chi connectivity index (χ2v) is 4.49. The first-order valence-electron chi connectivity index (χ1n) is 6.69. The van der Waals surface area contributed by atoms with Gasteiger partial charge in [0.25, 0.3) is 0 Å². The van der Waals surface area contributed by atoms with Crippen LogP contribution >= 0.6 is 0 Å². The van der Waals surface area contributed by atoms with Crippen LogP contribution in [-0.4, -0.2) is 24.2 Å². The predicted octanol–water partition coefficient (Wildman–Crippen LogP) is 3.19. The molecule has 1 N–H and O–H groups in total. The van der Waals surface area contributed by atoms with Crippen LogP contribution in [0.1, 0.15) is 32.8 Å². The van der Waals surface area contributed by atoms with Gasteiger partial charge in [-0.3, -0.25) is 4.79 Å². The van der Waals surface area contributed by atoms with E-state index in [1.165, 1.54) is 5.69 Å². The van der Waals surface area contributed by atoms with Gasteiger partial charge in [0.15, 0.2) is 0 Å². The summed E-state index contributed by atoms with van der Waals surface area (Å²) < 4.78 is 0. The average molecular weight is 249 g/mol. The van der Waals surface area contributed by atoms with Gasteiger partial charge in [0.2, 0.25) is 0 Å². The summed E-state index contributed by atoms with van der Waals surface area (Å²) in [7, 11) is 0. The van der Waals surface area contributed by atoms with Crippen LogP contribution in [0.3, 0.4) is 0 Å². The summed E-state index contributed by atoms with van der Waals surface area (Å²) in [6.07, 6.45) is 1.29. The monoisotopic (exact) mass is 249 g/mol. The summed E-state index contributed by atoms with van der Waals surface area (Å²) in [5.41, 5.74) is 2.30. The molecule has 0 fully saturated rings. The minimum Gasteiger partial charge on any atom is -0.481 e. The van der Waals surface area contributed by atoms with Gasteiger partial charge in [0.1, 0.15) is 0 Å². The zero-order valence-electron chi connectivity index (χ0n) is 11.5. The number of carbonyl (C=O) groups is 1. The lowest BCUT2D eigenvalue weighted by molar-refractivity contribution is -0.141. The van der Waals surface area contributed by atoms with E-state index < -0.39 is 5.97 Å². The third-order valence-electron chi connectivity index (χ3n) is 3.39. The fourth-order valence-corrected chi connectivity index (χ4v) is 2.12. The van der Waals surface area contributed by atoms with Gasteiger partial charge in [0.05, 0.1) is 5.92 Å². The Labute approximate surface area is 109 Å². The van der Waals surface area contributed by atoms with Gasteiger partial charge in [-0.15, -0.1) is 0 Å². The second-order valence-electron chi connectivity index (χ2n) is 4.49. The molecule has 3 nitrogen and oxygen atoms in total. The Bertz CT molecular complexity index is 369.